The van der Waals surface area contributed by atoms with Crippen LogP contribution in [0.1, 0.15) is 58.7 Å². The summed E-state index contributed by atoms with van der Waals surface area (Å²) in [6, 6.07) is -2.09. The minimum Gasteiger partial charge on any atom is -0.447 e. The molecule has 9 nitrogen and oxygen atoms in total. The molecule has 0 radical (unpaired) electrons. The van der Waals surface area contributed by atoms with Crippen LogP contribution in [-0.4, -0.2) is 72.1 Å². The number of ether oxygens (including phenoxy) is 2. The van der Waals surface area contributed by atoms with Gasteiger partial charge in [0, 0.05) is 29.9 Å². The molecule has 0 bridgehead atoms. The summed E-state index contributed by atoms with van der Waals surface area (Å²) in [7, 11) is -4.84. The van der Waals surface area contributed by atoms with Gasteiger partial charge in [0.15, 0.2) is 0 Å². The Hall–Kier alpha value is -1.63. The molecule has 13 heteroatoms. The number of hydrogen-bond donors (Lipinski definition) is 1. The number of fused-ring (bicyclic) bond motifs is 1. The molecule has 1 saturated heterocycles. The van der Waals surface area contributed by atoms with E-state index in [0.29, 0.717) is 10.9 Å². The second kappa shape index (κ2) is 10.0. The third-order valence-electron chi connectivity index (χ3n) is 7.25. The maximum Gasteiger partial charge on any atom is 0.410 e. The maximum absolute atomic E-state index is 13.0. The van der Waals surface area contributed by atoms with Gasteiger partial charge in [-0.3, -0.25) is 4.90 Å². The molecule has 1 aromatic rings. The van der Waals surface area contributed by atoms with E-state index in [9.17, 15) is 22.0 Å². The molecule has 2 saturated carbocycles. The number of likely N-dealkylation sites (tertiary alicyclic amines) is 1. The molecule has 1 amide bonds. The van der Waals surface area contributed by atoms with E-state index in [1.807, 2.05) is 0 Å². The smallest absolute Gasteiger partial charge is 0.410 e. The average Bonchev–Trinajstić information content (AvgIpc) is 3.42. The average molecular weight is 537 g/mol. The molecule has 2 heterocycles. The Morgan fingerprint density at radius 1 is 1.31 bits per heavy atom. The van der Waals surface area contributed by atoms with E-state index >= 15 is 0 Å². The Bertz CT molecular complexity index is 1030. The van der Waals surface area contributed by atoms with Gasteiger partial charge >= 0.3 is 11.9 Å². The first-order valence-corrected chi connectivity index (χ1v) is 13.7. The summed E-state index contributed by atoms with van der Waals surface area (Å²) >= 11 is 5.91. The quantitative estimate of drug-likeness (QED) is 0.541. The molecule has 2 aliphatic carbocycles. The zero-order valence-electron chi connectivity index (χ0n) is 19.9. The highest BCUT2D eigenvalue weighted by Gasteiger charge is 2.60. The molecule has 0 unspecified atom stereocenters. The first-order valence-electron chi connectivity index (χ1n) is 11.8. The second-order valence-electron chi connectivity index (χ2n) is 10.0. The fourth-order valence-electron chi connectivity index (χ4n) is 5.51. The lowest BCUT2D eigenvalue weighted by atomic mass is 9.86. The number of halogens is 3. The number of rotatable bonds is 8. The summed E-state index contributed by atoms with van der Waals surface area (Å²) < 4.78 is 63.4. The van der Waals surface area contributed by atoms with Crippen LogP contribution in [0.25, 0.3) is 0 Å². The van der Waals surface area contributed by atoms with Crippen LogP contribution < -0.4 is 4.72 Å². The van der Waals surface area contributed by atoms with E-state index in [4.69, 9.17) is 21.1 Å². The first kappa shape index (κ1) is 26.4. The largest absolute Gasteiger partial charge is 0.447 e. The Kier molecular flexibility index (Phi) is 7.57. The predicted molar refractivity (Wildman–Crippen MR) is 124 cm³/mol. The van der Waals surface area contributed by atoms with Gasteiger partial charge in [0.1, 0.15) is 5.82 Å². The van der Waals surface area contributed by atoms with Gasteiger partial charge in [-0.05, 0) is 58.8 Å². The normalized spacial score (nSPS) is 32.7. The maximum atomic E-state index is 13.0. The number of hydrogen-bond acceptors (Lipinski definition) is 7. The van der Waals surface area contributed by atoms with E-state index in [-0.39, 0.29) is 30.7 Å². The lowest BCUT2D eigenvalue weighted by Gasteiger charge is -2.33. The van der Waals surface area contributed by atoms with Crippen LogP contribution >= 0.6 is 11.6 Å². The third kappa shape index (κ3) is 5.55. The Balaban J connectivity index is 1.42. The molecule has 1 aliphatic heterocycles. The number of nitrogens with zero attached hydrogens (tertiary/aromatic N) is 3. The number of amides is 1. The van der Waals surface area contributed by atoms with Crippen molar-refractivity contribution < 1.29 is 31.5 Å². The van der Waals surface area contributed by atoms with E-state index < -0.39 is 40.0 Å². The molecule has 4 rings (SSSR count). The van der Waals surface area contributed by atoms with Crippen molar-refractivity contribution in [1.29, 1.82) is 0 Å². The molecule has 3 fully saturated rings. The molecule has 0 aromatic carbocycles. The molecule has 1 N–H and O–H groups in total. The van der Waals surface area contributed by atoms with Gasteiger partial charge in [-0.25, -0.2) is 27.9 Å². The number of nitrogens with one attached hydrogen (secondary N) is 1. The molecular weight excluding hydrogens is 506 g/mol. The van der Waals surface area contributed by atoms with E-state index in [1.165, 1.54) is 4.90 Å². The summed E-state index contributed by atoms with van der Waals surface area (Å²) in [5.74, 6) is -2.41. The van der Waals surface area contributed by atoms with Gasteiger partial charge in [-0.15, -0.1) is 0 Å². The van der Waals surface area contributed by atoms with Crippen molar-refractivity contribution in [2.24, 2.45) is 5.92 Å². The van der Waals surface area contributed by atoms with E-state index in [2.05, 4.69) is 14.7 Å². The summed E-state index contributed by atoms with van der Waals surface area (Å²) in [5, 5.41) is 0.489. The lowest BCUT2D eigenvalue weighted by molar-refractivity contribution is -0.0148. The second-order valence-corrected chi connectivity index (χ2v) is 12.2. The Labute approximate surface area is 209 Å². The summed E-state index contributed by atoms with van der Waals surface area (Å²) in [5.41, 5.74) is -0.0607. The van der Waals surface area contributed by atoms with Crippen molar-refractivity contribution in [1.82, 2.24) is 19.6 Å². The molecule has 6 atom stereocenters. The fourth-order valence-corrected chi connectivity index (χ4v) is 6.39. The number of alkyl halides is 2. The molecule has 0 spiro atoms. The Morgan fingerprint density at radius 3 is 2.60 bits per heavy atom. The van der Waals surface area contributed by atoms with Gasteiger partial charge in [-0.2, -0.15) is 8.78 Å². The van der Waals surface area contributed by atoms with Crippen molar-refractivity contribution in [2.45, 2.75) is 94.4 Å². The van der Waals surface area contributed by atoms with Crippen molar-refractivity contribution >= 4 is 27.7 Å². The van der Waals surface area contributed by atoms with Crippen LogP contribution in [0.15, 0.2) is 12.4 Å². The lowest BCUT2D eigenvalue weighted by Crippen LogP contribution is -2.51. The third-order valence-corrected chi connectivity index (χ3v) is 8.54. The zero-order valence-corrected chi connectivity index (χ0v) is 21.4. The number of sulfonamides is 1. The van der Waals surface area contributed by atoms with Gasteiger partial charge in [0.2, 0.25) is 0 Å². The SMILES string of the molecule is CC(C)OC(=O)N1[C@H](C)C[C@H](NS(=O)(=O)C(F)F)[C@@H]1CO[C@H]1CC[C@@]2(c3ncc(Cl)cn3)C[C@H]2C1. The summed E-state index contributed by atoms with van der Waals surface area (Å²) in [4.78, 5) is 23.0. The summed E-state index contributed by atoms with van der Waals surface area (Å²) in [6.45, 7) is 5.15. The number of carbonyl (C=O) groups excluding carboxylic acids is 1. The number of carbonyl (C=O) groups is 1. The molecule has 1 aromatic heterocycles. The van der Waals surface area contributed by atoms with E-state index in [1.54, 1.807) is 33.2 Å². The zero-order chi connectivity index (χ0) is 25.5. The highest BCUT2D eigenvalue weighted by molar-refractivity contribution is 7.89. The van der Waals surface area contributed by atoms with Crippen LogP contribution in [0.5, 0.6) is 0 Å². The standard InChI is InChI=1S/C22H31ClF2N4O5S/c1-12(2)34-21(30)29-13(3)6-17(28-35(31,32)20(24)25)18(29)11-33-16-4-5-22(8-14(22)7-16)19-26-9-15(23)10-27-19/h9-10,12-14,16-18,20,28H,4-8,11H2,1-3H3/t13-,14-,16+,17+,18+,22-/m1/s1. The molecule has 196 valence electrons. The van der Waals surface area contributed by atoms with Crippen molar-refractivity contribution in [2.75, 3.05) is 6.61 Å². The fraction of sp³-hybridized carbons (Fsp3) is 0.773. The van der Waals surface area contributed by atoms with Crippen LogP contribution in [0.4, 0.5) is 13.6 Å². The van der Waals surface area contributed by atoms with Crippen molar-refractivity contribution in [3.8, 4) is 0 Å². The topological polar surface area (TPSA) is 111 Å². The van der Waals surface area contributed by atoms with Crippen LogP contribution in [0.2, 0.25) is 5.02 Å². The van der Waals surface area contributed by atoms with Crippen LogP contribution in [-0.2, 0) is 24.9 Å². The van der Waals surface area contributed by atoms with Gasteiger partial charge < -0.3 is 9.47 Å². The number of aromatic nitrogens is 2. The van der Waals surface area contributed by atoms with E-state index in [0.717, 1.165) is 31.5 Å². The molecule has 35 heavy (non-hydrogen) atoms. The molecular formula is C22H31ClF2N4O5S. The minimum absolute atomic E-state index is 0.00971. The van der Waals surface area contributed by atoms with Crippen LogP contribution in [0.3, 0.4) is 0 Å². The predicted octanol–water partition coefficient (Wildman–Crippen LogP) is 3.48. The van der Waals surface area contributed by atoms with Crippen LogP contribution in [0, 0.1) is 5.92 Å². The Morgan fingerprint density at radius 2 is 2.00 bits per heavy atom. The monoisotopic (exact) mass is 536 g/mol. The van der Waals surface area contributed by atoms with Gasteiger partial charge in [-0.1, -0.05) is 11.6 Å². The summed E-state index contributed by atoms with van der Waals surface area (Å²) in [6.07, 6.45) is 5.59. The highest BCUT2D eigenvalue weighted by atomic mass is 35.5. The minimum atomic E-state index is -4.84. The van der Waals surface area contributed by atoms with Crippen molar-refractivity contribution in [3.63, 3.8) is 0 Å². The van der Waals surface area contributed by atoms with Gasteiger partial charge in [0.25, 0.3) is 10.0 Å². The highest BCUT2D eigenvalue weighted by Crippen LogP contribution is 2.61. The molecule has 3 aliphatic rings. The van der Waals surface area contributed by atoms with Crippen molar-refractivity contribution in [3.05, 3.63) is 23.2 Å². The van der Waals surface area contributed by atoms with Gasteiger partial charge in [0.05, 0.1) is 29.9 Å². The first-order chi connectivity index (χ1) is 16.4.